The molecule has 0 spiro atoms. The number of hydrogen-bond acceptors (Lipinski definition) is 2. The minimum absolute atomic E-state index is 0.120. The van der Waals surface area contributed by atoms with Crippen molar-refractivity contribution in [3.8, 4) is 0 Å². The first-order valence-corrected chi connectivity index (χ1v) is 10.3. The van der Waals surface area contributed by atoms with Gasteiger partial charge in [0.25, 0.3) is 0 Å². The van der Waals surface area contributed by atoms with Crippen LogP contribution in [0.5, 0.6) is 0 Å². The third kappa shape index (κ3) is 4.74. The fourth-order valence-corrected chi connectivity index (χ4v) is 3.16. The second kappa shape index (κ2) is 6.90. The summed E-state index contributed by atoms with van der Waals surface area (Å²) in [7, 11) is 1.70. The number of carbonyl (C=O) groups excluding carboxylic acids is 1. The van der Waals surface area contributed by atoms with Gasteiger partial charge in [0, 0.05) is 14.1 Å². The zero-order valence-corrected chi connectivity index (χ0v) is 16.0. The SMILES string of the molecule is C/C=C(\C)[C@@H](O[Si](C)(C)C(C)(C)C)[C@H](C)C(=O)N(C)C. The lowest BCUT2D eigenvalue weighted by molar-refractivity contribution is -0.134. The standard InChI is InChI=1S/C16H33NO2Si/c1-11-12(2)14(13(3)15(18)17(7)8)19-20(9,10)16(4,5)6/h11,13-14H,1-10H3/b12-11+/t13-,14+/m0/s1. The lowest BCUT2D eigenvalue weighted by Crippen LogP contribution is -2.48. The van der Waals surface area contributed by atoms with Crippen molar-refractivity contribution < 1.29 is 9.22 Å². The summed E-state index contributed by atoms with van der Waals surface area (Å²) in [6.07, 6.45) is 1.92. The van der Waals surface area contributed by atoms with Crippen molar-refractivity contribution in [3.05, 3.63) is 11.6 Å². The molecule has 0 radical (unpaired) electrons. The molecule has 0 saturated heterocycles. The number of nitrogens with zero attached hydrogens (tertiary/aromatic N) is 1. The van der Waals surface area contributed by atoms with Crippen LogP contribution in [-0.4, -0.2) is 39.3 Å². The topological polar surface area (TPSA) is 29.5 Å². The quantitative estimate of drug-likeness (QED) is 0.566. The highest BCUT2D eigenvalue weighted by Crippen LogP contribution is 2.39. The van der Waals surface area contributed by atoms with Crippen LogP contribution in [-0.2, 0) is 9.22 Å². The molecule has 2 atom stereocenters. The van der Waals surface area contributed by atoms with Crippen molar-refractivity contribution in [1.82, 2.24) is 4.90 Å². The van der Waals surface area contributed by atoms with Gasteiger partial charge in [0.15, 0.2) is 8.32 Å². The van der Waals surface area contributed by atoms with Crippen LogP contribution in [0.3, 0.4) is 0 Å². The Kier molecular flexibility index (Phi) is 6.69. The number of rotatable bonds is 5. The van der Waals surface area contributed by atoms with Crippen molar-refractivity contribution in [3.63, 3.8) is 0 Å². The van der Waals surface area contributed by atoms with E-state index < -0.39 is 8.32 Å². The molecule has 0 aliphatic carbocycles. The first-order valence-electron chi connectivity index (χ1n) is 7.37. The van der Waals surface area contributed by atoms with E-state index in [1.54, 1.807) is 19.0 Å². The van der Waals surface area contributed by atoms with E-state index in [-0.39, 0.29) is 23.0 Å². The van der Waals surface area contributed by atoms with Crippen LogP contribution >= 0.6 is 0 Å². The molecule has 0 aromatic heterocycles. The first-order chi connectivity index (χ1) is 8.85. The maximum Gasteiger partial charge on any atom is 0.227 e. The monoisotopic (exact) mass is 299 g/mol. The lowest BCUT2D eigenvalue weighted by atomic mass is 9.97. The van der Waals surface area contributed by atoms with Crippen LogP contribution in [0, 0.1) is 5.92 Å². The number of amides is 1. The van der Waals surface area contributed by atoms with Gasteiger partial charge in [-0.05, 0) is 37.6 Å². The van der Waals surface area contributed by atoms with Crippen molar-refractivity contribution in [2.75, 3.05) is 14.1 Å². The molecule has 0 aliphatic heterocycles. The van der Waals surface area contributed by atoms with Crippen LogP contribution in [0.2, 0.25) is 18.1 Å². The van der Waals surface area contributed by atoms with Gasteiger partial charge in [-0.1, -0.05) is 33.8 Å². The Labute approximate surface area is 126 Å². The Morgan fingerprint density at radius 1 is 1.25 bits per heavy atom. The van der Waals surface area contributed by atoms with Crippen LogP contribution in [0.25, 0.3) is 0 Å². The molecule has 0 saturated carbocycles. The third-order valence-electron chi connectivity index (χ3n) is 4.42. The zero-order valence-electron chi connectivity index (χ0n) is 15.0. The summed E-state index contributed by atoms with van der Waals surface area (Å²) in [5, 5.41) is 0.139. The summed E-state index contributed by atoms with van der Waals surface area (Å²) in [4.78, 5) is 13.9. The summed E-state index contributed by atoms with van der Waals surface area (Å²) < 4.78 is 6.51. The number of allylic oxidation sites excluding steroid dienone is 1. The molecule has 0 N–H and O–H groups in total. The summed E-state index contributed by atoms with van der Waals surface area (Å²) in [6.45, 7) is 17.2. The maximum absolute atomic E-state index is 12.3. The fourth-order valence-electron chi connectivity index (χ4n) is 1.78. The van der Waals surface area contributed by atoms with Gasteiger partial charge in [0.1, 0.15) is 0 Å². The van der Waals surface area contributed by atoms with Gasteiger partial charge in [-0.25, -0.2) is 0 Å². The molecule has 1 amide bonds. The largest absolute Gasteiger partial charge is 0.409 e. The minimum Gasteiger partial charge on any atom is -0.409 e. The Balaban J connectivity index is 5.36. The minimum atomic E-state index is -1.90. The van der Waals surface area contributed by atoms with E-state index in [4.69, 9.17) is 4.43 Å². The predicted octanol–water partition coefficient (Wildman–Crippen LogP) is 4.07. The molecule has 0 heterocycles. The zero-order chi connectivity index (χ0) is 16.3. The highest BCUT2D eigenvalue weighted by atomic mass is 28.4. The van der Waals surface area contributed by atoms with Gasteiger partial charge in [-0.15, -0.1) is 0 Å². The molecular weight excluding hydrogens is 266 g/mol. The van der Waals surface area contributed by atoms with Gasteiger partial charge in [0.2, 0.25) is 5.91 Å². The Hall–Kier alpha value is -0.613. The number of hydrogen-bond donors (Lipinski definition) is 0. The maximum atomic E-state index is 12.3. The van der Waals surface area contributed by atoms with E-state index in [1.807, 2.05) is 13.8 Å². The molecule has 0 aliphatic rings. The van der Waals surface area contributed by atoms with E-state index in [0.717, 1.165) is 5.57 Å². The van der Waals surface area contributed by atoms with Crippen LogP contribution in [0.1, 0.15) is 41.5 Å². The van der Waals surface area contributed by atoms with E-state index in [1.165, 1.54) is 0 Å². The highest BCUT2D eigenvalue weighted by Gasteiger charge is 2.41. The predicted molar refractivity (Wildman–Crippen MR) is 89.4 cm³/mol. The van der Waals surface area contributed by atoms with Gasteiger partial charge in [0.05, 0.1) is 12.0 Å². The normalized spacial score (nSPS) is 16.8. The summed E-state index contributed by atoms with van der Waals surface area (Å²) in [5.41, 5.74) is 1.14. The summed E-state index contributed by atoms with van der Waals surface area (Å²) in [6, 6.07) is 0. The highest BCUT2D eigenvalue weighted by molar-refractivity contribution is 6.74. The second-order valence-corrected chi connectivity index (χ2v) is 12.1. The Morgan fingerprint density at radius 3 is 2.00 bits per heavy atom. The van der Waals surface area contributed by atoms with Gasteiger partial charge >= 0.3 is 0 Å². The first kappa shape index (κ1) is 19.4. The van der Waals surface area contributed by atoms with Crippen molar-refractivity contribution >= 4 is 14.2 Å². The molecule has 0 unspecified atom stereocenters. The smallest absolute Gasteiger partial charge is 0.227 e. The second-order valence-electron chi connectivity index (χ2n) is 7.35. The molecule has 0 aromatic carbocycles. The molecule has 0 bridgehead atoms. The average molecular weight is 300 g/mol. The van der Waals surface area contributed by atoms with Crippen molar-refractivity contribution in [2.24, 2.45) is 5.92 Å². The van der Waals surface area contributed by atoms with E-state index in [0.29, 0.717) is 0 Å². The van der Waals surface area contributed by atoms with Gasteiger partial charge in [-0.3, -0.25) is 4.79 Å². The molecule has 3 nitrogen and oxygen atoms in total. The van der Waals surface area contributed by atoms with E-state index in [9.17, 15) is 4.79 Å². The van der Waals surface area contributed by atoms with Gasteiger partial charge in [-0.2, -0.15) is 0 Å². The Bertz CT molecular complexity index is 367. The van der Waals surface area contributed by atoms with Crippen LogP contribution in [0.15, 0.2) is 11.6 Å². The van der Waals surface area contributed by atoms with Crippen molar-refractivity contribution in [1.29, 1.82) is 0 Å². The summed E-state index contributed by atoms with van der Waals surface area (Å²) >= 11 is 0. The summed E-state index contributed by atoms with van der Waals surface area (Å²) in [5.74, 6) is -0.0368. The Morgan fingerprint density at radius 2 is 1.70 bits per heavy atom. The van der Waals surface area contributed by atoms with E-state index in [2.05, 4.69) is 46.9 Å². The molecule has 4 heteroatoms. The third-order valence-corrected chi connectivity index (χ3v) is 8.87. The average Bonchev–Trinajstić information content (AvgIpc) is 2.31. The van der Waals surface area contributed by atoms with E-state index >= 15 is 0 Å². The van der Waals surface area contributed by atoms with Gasteiger partial charge < -0.3 is 9.33 Å². The molecule has 118 valence electrons. The number of carbonyl (C=O) groups is 1. The van der Waals surface area contributed by atoms with Crippen LogP contribution in [0.4, 0.5) is 0 Å². The fraction of sp³-hybridized carbons (Fsp3) is 0.812. The molecular formula is C16H33NO2Si. The van der Waals surface area contributed by atoms with Crippen LogP contribution < -0.4 is 0 Å². The molecule has 0 rings (SSSR count). The van der Waals surface area contributed by atoms with Crippen molar-refractivity contribution in [2.45, 2.75) is 65.8 Å². The molecule has 20 heavy (non-hydrogen) atoms. The lowest BCUT2D eigenvalue weighted by Gasteiger charge is -2.41. The molecule has 0 aromatic rings. The molecule has 0 fully saturated rings.